The third-order valence-electron chi connectivity index (χ3n) is 3.41. The Bertz CT molecular complexity index is 1080. The molecule has 0 aliphatic rings. The molecule has 2 aromatic heterocycles. The average molecular weight is 341 g/mol. The van der Waals surface area contributed by atoms with E-state index in [1.165, 1.54) is 17.6 Å². The van der Waals surface area contributed by atoms with E-state index in [1.807, 2.05) is 24.3 Å². The van der Waals surface area contributed by atoms with Gasteiger partial charge in [-0.3, -0.25) is 4.79 Å². The van der Waals surface area contributed by atoms with Gasteiger partial charge < -0.3 is 9.52 Å². The van der Waals surface area contributed by atoms with Crippen LogP contribution in [0.25, 0.3) is 21.2 Å². The van der Waals surface area contributed by atoms with Gasteiger partial charge in [-0.25, -0.2) is 4.98 Å². The number of aromatic nitrogens is 1. The first-order valence-corrected chi connectivity index (χ1v) is 8.57. The van der Waals surface area contributed by atoms with Crippen LogP contribution in [0.15, 0.2) is 68.3 Å². The maximum atomic E-state index is 12.5. The van der Waals surface area contributed by atoms with Crippen LogP contribution in [0.4, 0.5) is 0 Å². The summed E-state index contributed by atoms with van der Waals surface area (Å²) in [6, 6.07) is 14.8. The van der Waals surface area contributed by atoms with E-state index < -0.39 is 0 Å². The van der Waals surface area contributed by atoms with Gasteiger partial charge in [0.15, 0.2) is 0 Å². The van der Waals surface area contributed by atoms with E-state index in [0.29, 0.717) is 22.3 Å². The molecule has 0 aliphatic carbocycles. The van der Waals surface area contributed by atoms with Crippen molar-refractivity contribution in [2.45, 2.75) is 4.34 Å². The van der Waals surface area contributed by atoms with Crippen molar-refractivity contribution in [1.29, 1.82) is 0 Å². The maximum absolute atomic E-state index is 12.5. The van der Waals surface area contributed by atoms with Gasteiger partial charge in [-0.05, 0) is 24.3 Å². The summed E-state index contributed by atoms with van der Waals surface area (Å²) in [5, 5.41) is 10.8. The topological polar surface area (TPSA) is 63.3 Å². The number of aliphatic hydroxyl groups is 1. The molecule has 0 unspecified atom stereocenters. The summed E-state index contributed by atoms with van der Waals surface area (Å²) in [4.78, 5) is 16.9. The van der Waals surface area contributed by atoms with Gasteiger partial charge in [-0.1, -0.05) is 24.3 Å². The molecule has 0 amide bonds. The number of rotatable bonds is 2. The molecule has 4 nitrogen and oxygen atoms in total. The molecule has 2 aromatic carbocycles. The molecule has 0 radical (unpaired) electrons. The first kappa shape index (κ1) is 14.3. The molecule has 2 heterocycles. The minimum Gasteiger partial charge on any atom is -0.463 e. The summed E-state index contributed by atoms with van der Waals surface area (Å²) in [6.07, 6.45) is 1.31. The fraction of sp³-hybridized carbons (Fsp3) is 0. The van der Waals surface area contributed by atoms with E-state index in [4.69, 9.17) is 4.42 Å². The summed E-state index contributed by atoms with van der Waals surface area (Å²) in [7, 11) is 0. The number of thiazole rings is 1. The lowest BCUT2D eigenvalue weighted by Gasteiger charge is -2.01. The van der Waals surface area contributed by atoms with Crippen LogP contribution >= 0.6 is 22.7 Å². The largest absolute Gasteiger partial charge is 0.463 e. The van der Waals surface area contributed by atoms with E-state index in [0.717, 1.165) is 14.6 Å². The van der Waals surface area contributed by atoms with Gasteiger partial charge in [-0.15, -0.1) is 22.7 Å². The predicted octanol–water partition coefficient (Wildman–Crippen LogP) is 3.96. The fourth-order valence-corrected chi connectivity index (χ4v) is 4.35. The highest BCUT2D eigenvalue weighted by atomic mass is 32.2. The second-order valence-corrected chi connectivity index (χ2v) is 7.28. The predicted molar refractivity (Wildman–Crippen MR) is 96.1 cm³/mol. The highest BCUT2D eigenvalue weighted by Crippen LogP contribution is 2.26. The molecule has 0 saturated heterocycles. The summed E-state index contributed by atoms with van der Waals surface area (Å²) in [5.74, 6) is 0. The van der Waals surface area contributed by atoms with Gasteiger partial charge in [-0.2, -0.15) is 0 Å². The van der Waals surface area contributed by atoms with E-state index in [-0.39, 0.29) is 16.0 Å². The van der Waals surface area contributed by atoms with E-state index >= 15 is 0 Å². The number of para-hydroxylation sites is 2. The Balaban J connectivity index is 1.83. The van der Waals surface area contributed by atoms with Crippen LogP contribution in [-0.4, -0.2) is 15.1 Å². The molecule has 6 heteroatoms. The number of thiol groups is 1. The van der Waals surface area contributed by atoms with Crippen LogP contribution in [0, 0.1) is 0 Å². The Kier molecular flexibility index (Phi) is 3.57. The van der Waals surface area contributed by atoms with Crippen molar-refractivity contribution in [2.24, 2.45) is 0 Å². The normalized spacial score (nSPS) is 12.5. The first-order chi connectivity index (χ1) is 11.2. The number of aliphatic hydroxyl groups excluding tert-OH is 1. The Morgan fingerprint density at radius 1 is 1.13 bits per heavy atom. The molecule has 114 valence electrons. The Morgan fingerprint density at radius 2 is 1.91 bits per heavy atom. The number of nitrogens with zero attached hydrogens (tertiary/aromatic N) is 1. The lowest BCUT2D eigenvalue weighted by atomic mass is 10.2. The van der Waals surface area contributed by atoms with Crippen LogP contribution < -0.4 is 5.43 Å². The van der Waals surface area contributed by atoms with Crippen molar-refractivity contribution >= 4 is 48.9 Å². The zero-order valence-corrected chi connectivity index (χ0v) is 13.5. The minimum atomic E-state index is -0.238. The lowest BCUT2D eigenvalue weighted by Crippen LogP contribution is -2.13. The molecule has 0 saturated carbocycles. The van der Waals surface area contributed by atoms with Crippen LogP contribution in [0.5, 0.6) is 0 Å². The molecule has 0 aliphatic heterocycles. The van der Waals surface area contributed by atoms with Crippen molar-refractivity contribution in [3.05, 3.63) is 70.6 Å². The third kappa shape index (κ3) is 2.61. The number of benzene rings is 2. The first-order valence-electron chi connectivity index (χ1n) is 6.86. The Hall–Kier alpha value is -2.28. The second kappa shape index (κ2) is 5.73. The highest BCUT2D eigenvalue weighted by Gasteiger charge is 2.10. The smallest absolute Gasteiger partial charge is 0.203 e. The molecule has 23 heavy (non-hydrogen) atoms. The summed E-state index contributed by atoms with van der Waals surface area (Å²) in [6.45, 7) is 0. The van der Waals surface area contributed by atoms with E-state index in [9.17, 15) is 9.90 Å². The maximum Gasteiger partial charge on any atom is 0.203 e. The molecule has 0 spiro atoms. The van der Waals surface area contributed by atoms with Crippen LogP contribution in [0.3, 0.4) is 0 Å². The van der Waals surface area contributed by atoms with Crippen molar-refractivity contribution in [3.8, 4) is 0 Å². The van der Waals surface area contributed by atoms with Crippen LogP contribution in [-0.2, 0) is 0 Å². The van der Waals surface area contributed by atoms with Crippen molar-refractivity contribution < 1.29 is 9.52 Å². The van der Waals surface area contributed by atoms with E-state index in [2.05, 4.69) is 4.98 Å². The van der Waals surface area contributed by atoms with Crippen LogP contribution in [0.2, 0.25) is 0 Å². The molecular formula is C17H11NO3S2. The summed E-state index contributed by atoms with van der Waals surface area (Å²) < 4.78 is 7.22. The SMILES string of the molecule is O=c1c(C(O)=[SH]c2nc3ccccc3s2)coc2ccccc12. The third-order valence-corrected chi connectivity index (χ3v) is 5.54. The van der Waals surface area contributed by atoms with Gasteiger partial charge in [0.05, 0.1) is 21.2 Å². The quantitative estimate of drug-likeness (QED) is 0.428. The van der Waals surface area contributed by atoms with Gasteiger partial charge >= 0.3 is 0 Å². The standard InChI is InChI=1S/C17H11NO3S2/c19-15-10-5-1-3-7-13(10)21-9-11(15)16(20)23-17-18-12-6-2-4-8-14(12)22-17/h1-9,20,23H. The zero-order valence-electron chi connectivity index (χ0n) is 11.8. The van der Waals surface area contributed by atoms with Gasteiger partial charge in [0.1, 0.15) is 21.2 Å². The monoisotopic (exact) mass is 341 g/mol. The van der Waals surface area contributed by atoms with Gasteiger partial charge in [0.25, 0.3) is 0 Å². The number of hydrogen-bond acceptors (Lipinski definition) is 4. The second-order valence-electron chi connectivity index (χ2n) is 4.87. The highest BCUT2D eigenvalue weighted by molar-refractivity contribution is 8.00. The van der Waals surface area contributed by atoms with Crippen molar-refractivity contribution in [2.75, 3.05) is 0 Å². The molecule has 0 atom stereocenters. The minimum absolute atomic E-state index is 0.0523. The van der Waals surface area contributed by atoms with Gasteiger partial charge in [0, 0.05) is 0 Å². The zero-order chi connectivity index (χ0) is 15.8. The fourth-order valence-electron chi connectivity index (χ4n) is 2.29. The van der Waals surface area contributed by atoms with E-state index in [1.54, 1.807) is 24.3 Å². The lowest BCUT2D eigenvalue weighted by molar-refractivity contribution is 0.558. The molecule has 1 N–H and O–H groups in total. The van der Waals surface area contributed by atoms with Crippen LogP contribution in [0.1, 0.15) is 5.56 Å². The summed E-state index contributed by atoms with van der Waals surface area (Å²) in [5.41, 5.74) is 1.33. The molecule has 4 aromatic rings. The molecule has 0 fully saturated rings. The summed E-state index contributed by atoms with van der Waals surface area (Å²) >= 11 is 1.99. The molecule has 4 rings (SSSR count). The molecular weight excluding hydrogens is 330 g/mol. The molecule has 0 bridgehead atoms. The van der Waals surface area contributed by atoms with Crippen molar-refractivity contribution in [3.63, 3.8) is 0 Å². The van der Waals surface area contributed by atoms with Gasteiger partial charge in [0.2, 0.25) is 5.43 Å². The average Bonchev–Trinajstić information content (AvgIpc) is 2.97. The Labute approximate surface area is 138 Å². The number of fused-ring (bicyclic) bond motifs is 2. The Morgan fingerprint density at radius 3 is 2.78 bits per heavy atom. The number of hydrogen-bond donors (Lipinski definition) is 2. The van der Waals surface area contributed by atoms with Crippen molar-refractivity contribution in [1.82, 2.24) is 4.98 Å².